The first kappa shape index (κ1) is 15.5. The fraction of sp³-hybridized carbons (Fsp3) is 0.600. The van der Waals surface area contributed by atoms with Crippen LogP contribution in [0, 0.1) is 0 Å². The van der Waals surface area contributed by atoms with E-state index in [0.29, 0.717) is 12.1 Å². The number of nitrogens with one attached hydrogen (secondary N) is 1. The lowest BCUT2D eigenvalue weighted by molar-refractivity contribution is 0.237. The fourth-order valence-corrected chi connectivity index (χ4v) is 1.96. The van der Waals surface area contributed by atoms with E-state index in [1.54, 1.807) is 0 Å². The molecule has 0 aliphatic heterocycles. The smallest absolute Gasteiger partial charge is 0.0409 e. The van der Waals surface area contributed by atoms with Crippen LogP contribution in [0.3, 0.4) is 0 Å². The third kappa shape index (κ3) is 5.38. The topological polar surface area (TPSA) is 15.3 Å². The van der Waals surface area contributed by atoms with E-state index in [9.17, 15) is 0 Å². The maximum atomic E-state index is 6.00. The van der Waals surface area contributed by atoms with Crippen molar-refractivity contribution in [1.82, 2.24) is 10.2 Å². The summed E-state index contributed by atoms with van der Waals surface area (Å²) in [6.07, 6.45) is 1.17. The van der Waals surface area contributed by atoms with E-state index in [-0.39, 0.29) is 0 Å². The van der Waals surface area contributed by atoms with Crippen LogP contribution in [0.25, 0.3) is 0 Å². The third-order valence-corrected chi connectivity index (χ3v) is 3.68. The third-order valence-electron chi connectivity index (χ3n) is 3.45. The summed E-state index contributed by atoms with van der Waals surface area (Å²) in [7, 11) is 2.16. The molecular weight excluding hydrogens is 244 g/mol. The molecule has 0 amide bonds. The lowest BCUT2D eigenvalue weighted by Gasteiger charge is -2.26. The van der Waals surface area contributed by atoms with Gasteiger partial charge in [-0.3, -0.25) is 4.90 Å². The van der Waals surface area contributed by atoms with E-state index in [2.05, 4.69) is 44.1 Å². The molecule has 0 saturated heterocycles. The molecule has 102 valence electrons. The van der Waals surface area contributed by atoms with Crippen LogP contribution in [0.4, 0.5) is 0 Å². The highest BCUT2D eigenvalue weighted by atomic mass is 35.5. The van der Waals surface area contributed by atoms with Crippen molar-refractivity contribution in [1.29, 1.82) is 0 Å². The molecule has 0 aliphatic rings. The highest BCUT2D eigenvalue weighted by Crippen LogP contribution is 2.13. The second-order valence-corrected chi connectivity index (χ2v) is 5.55. The lowest BCUT2D eigenvalue weighted by atomic mass is 10.2. The van der Waals surface area contributed by atoms with Crippen molar-refractivity contribution < 1.29 is 0 Å². The zero-order valence-electron chi connectivity index (χ0n) is 11.9. The Hall–Kier alpha value is -0.570. The van der Waals surface area contributed by atoms with Crippen LogP contribution < -0.4 is 5.32 Å². The fourth-order valence-electron chi connectivity index (χ4n) is 1.75. The summed E-state index contributed by atoms with van der Waals surface area (Å²) in [6, 6.07) is 9.18. The average molecular weight is 269 g/mol. The van der Waals surface area contributed by atoms with Gasteiger partial charge in [0.15, 0.2) is 0 Å². The normalized spacial score (nSPS) is 14.8. The SMILES string of the molecule is CCC(C)NCC(C)N(C)Cc1cccc(Cl)c1. The van der Waals surface area contributed by atoms with Crippen LogP contribution in [0.5, 0.6) is 0 Å². The Morgan fingerprint density at radius 3 is 2.67 bits per heavy atom. The number of benzene rings is 1. The summed E-state index contributed by atoms with van der Waals surface area (Å²) in [4.78, 5) is 2.35. The van der Waals surface area contributed by atoms with Gasteiger partial charge in [0, 0.05) is 30.2 Å². The number of halogens is 1. The van der Waals surface area contributed by atoms with E-state index < -0.39 is 0 Å². The second-order valence-electron chi connectivity index (χ2n) is 5.11. The van der Waals surface area contributed by atoms with Crippen LogP contribution in [0.2, 0.25) is 5.02 Å². The maximum absolute atomic E-state index is 6.00. The molecule has 1 N–H and O–H groups in total. The maximum Gasteiger partial charge on any atom is 0.0409 e. The molecule has 0 heterocycles. The molecule has 0 fully saturated rings. The van der Waals surface area contributed by atoms with Gasteiger partial charge in [-0.2, -0.15) is 0 Å². The Morgan fingerprint density at radius 2 is 2.06 bits per heavy atom. The van der Waals surface area contributed by atoms with Crippen LogP contribution in [-0.2, 0) is 6.54 Å². The summed E-state index contributed by atoms with van der Waals surface area (Å²) in [5.74, 6) is 0. The Kier molecular flexibility index (Phi) is 6.69. The Morgan fingerprint density at radius 1 is 1.33 bits per heavy atom. The molecule has 0 bridgehead atoms. The zero-order chi connectivity index (χ0) is 13.5. The van der Waals surface area contributed by atoms with E-state index in [4.69, 9.17) is 11.6 Å². The lowest BCUT2D eigenvalue weighted by Crippen LogP contribution is -2.40. The Balaban J connectivity index is 2.42. The van der Waals surface area contributed by atoms with Gasteiger partial charge in [-0.05, 0) is 45.0 Å². The molecule has 1 rings (SSSR count). The number of rotatable bonds is 7. The molecule has 3 heteroatoms. The van der Waals surface area contributed by atoms with Crippen molar-refractivity contribution in [2.45, 2.75) is 45.8 Å². The van der Waals surface area contributed by atoms with Gasteiger partial charge in [-0.1, -0.05) is 30.7 Å². The van der Waals surface area contributed by atoms with E-state index in [1.807, 2.05) is 18.2 Å². The van der Waals surface area contributed by atoms with Gasteiger partial charge in [0.1, 0.15) is 0 Å². The quantitative estimate of drug-likeness (QED) is 0.814. The summed E-state index contributed by atoms with van der Waals surface area (Å²) in [6.45, 7) is 8.64. The van der Waals surface area contributed by atoms with Gasteiger partial charge in [0.2, 0.25) is 0 Å². The molecule has 2 atom stereocenters. The van der Waals surface area contributed by atoms with Crippen LogP contribution >= 0.6 is 11.6 Å². The molecule has 0 radical (unpaired) electrons. The van der Waals surface area contributed by atoms with E-state index in [0.717, 1.165) is 18.1 Å². The number of hydrogen-bond acceptors (Lipinski definition) is 2. The highest BCUT2D eigenvalue weighted by molar-refractivity contribution is 6.30. The molecule has 0 spiro atoms. The Labute approximate surface area is 116 Å². The summed E-state index contributed by atoms with van der Waals surface area (Å²) >= 11 is 6.00. The summed E-state index contributed by atoms with van der Waals surface area (Å²) in [5, 5.41) is 4.35. The van der Waals surface area contributed by atoms with Crippen LogP contribution in [0.15, 0.2) is 24.3 Å². The monoisotopic (exact) mass is 268 g/mol. The molecule has 1 aromatic carbocycles. The number of nitrogens with zero attached hydrogens (tertiary/aromatic N) is 1. The van der Waals surface area contributed by atoms with Crippen molar-refractivity contribution >= 4 is 11.6 Å². The van der Waals surface area contributed by atoms with Crippen molar-refractivity contribution in [3.05, 3.63) is 34.9 Å². The molecule has 2 unspecified atom stereocenters. The minimum atomic E-state index is 0.512. The molecule has 0 aromatic heterocycles. The average Bonchev–Trinajstić information content (AvgIpc) is 2.35. The van der Waals surface area contributed by atoms with Gasteiger partial charge in [0.05, 0.1) is 0 Å². The minimum absolute atomic E-state index is 0.512. The van der Waals surface area contributed by atoms with Crippen molar-refractivity contribution in [2.24, 2.45) is 0 Å². The minimum Gasteiger partial charge on any atom is -0.313 e. The second kappa shape index (κ2) is 7.78. The first-order valence-electron chi connectivity index (χ1n) is 6.71. The predicted molar refractivity (Wildman–Crippen MR) is 80.1 cm³/mol. The largest absolute Gasteiger partial charge is 0.313 e. The van der Waals surface area contributed by atoms with Crippen LogP contribution in [0.1, 0.15) is 32.8 Å². The first-order valence-corrected chi connectivity index (χ1v) is 7.08. The zero-order valence-corrected chi connectivity index (χ0v) is 12.7. The molecule has 18 heavy (non-hydrogen) atoms. The van der Waals surface area contributed by atoms with Gasteiger partial charge in [0.25, 0.3) is 0 Å². The van der Waals surface area contributed by atoms with Crippen molar-refractivity contribution in [3.8, 4) is 0 Å². The molecule has 0 aliphatic carbocycles. The number of likely N-dealkylation sites (N-methyl/N-ethyl adjacent to an activating group) is 1. The van der Waals surface area contributed by atoms with Gasteiger partial charge < -0.3 is 5.32 Å². The Bertz CT molecular complexity index is 354. The van der Waals surface area contributed by atoms with E-state index >= 15 is 0 Å². The first-order chi connectivity index (χ1) is 8.52. The van der Waals surface area contributed by atoms with Gasteiger partial charge in [-0.25, -0.2) is 0 Å². The highest BCUT2D eigenvalue weighted by Gasteiger charge is 2.10. The molecule has 2 nitrogen and oxygen atoms in total. The van der Waals surface area contributed by atoms with Gasteiger partial charge in [-0.15, -0.1) is 0 Å². The predicted octanol–water partition coefficient (Wildman–Crippen LogP) is 3.55. The molecular formula is C15H25ClN2. The summed E-state index contributed by atoms with van der Waals surface area (Å²) < 4.78 is 0. The number of hydrogen-bond donors (Lipinski definition) is 1. The van der Waals surface area contributed by atoms with E-state index in [1.165, 1.54) is 12.0 Å². The standard InChI is InChI=1S/C15H25ClN2/c1-5-12(2)17-10-13(3)18(4)11-14-7-6-8-15(16)9-14/h6-9,12-13,17H,5,10-11H2,1-4H3. The van der Waals surface area contributed by atoms with Crippen molar-refractivity contribution in [3.63, 3.8) is 0 Å². The summed E-state index contributed by atoms with van der Waals surface area (Å²) in [5.41, 5.74) is 1.26. The van der Waals surface area contributed by atoms with Crippen molar-refractivity contribution in [2.75, 3.05) is 13.6 Å². The van der Waals surface area contributed by atoms with Crippen LogP contribution in [-0.4, -0.2) is 30.6 Å². The van der Waals surface area contributed by atoms with Gasteiger partial charge >= 0.3 is 0 Å². The molecule has 1 aromatic rings. The molecule has 0 saturated carbocycles.